The van der Waals surface area contributed by atoms with Crippen LogP contribution in [0.5, 0.6) is 0 Å². The second kappa shape index (κ2) is 28.1. The maximum absolute atomic E-state index is 14.7. The Bertz CT molecular complexity index is 2640. The molecule has 4 aromatic carbocycles. The molecule has 2 aliphatic heterocycles. The maximum Gasteiger partial charge on any atom is 0.253 e. The van der Waals surface area contributed by atoms with Gasteiger partial charge in [0.25, 0.3) is 11.8 Å². The van der Waals surface area contributed by atoms with Gasteiger partial charge in [0.05, 0.1) is 30.3 Å². The number of amides is 6. The van der Waals surface area contributed by atoms with Crippen LogP contribution in [0.2, 0.25) is 0 Å². The van der Waals surface area contributed by atoms with Gasteiger partial charge in [0.15, 0.2) is 0 Å². The van der Waals surface area contributed by atoms with Crippen LogP contribution in [0.1, 0.15) is 130 Å². The molecule has 0 radical (unpaired) electrons. The van der Waals surface area contributed by atoms with Crippen LogP contribution in [-0.4, -0.2) is 154 Å². The Morgan fingerprint density at radius 1 is 0.519 bits per heavy atom. The molecular weight excluding hydrogens is 995 g/mol. The van der Waals surface area contributed by atoms with Crippen LogP contribution in [0.3, 0.4) is 0 Å². The van der Waals surface area contributed by atoms with Crippen LogP contribution < -0.4 is 16.0 Å². The van der Waals surface area contributed by atoms with Crippen molar-refractivity contribution in [3.63, 3.8) is 0 Å². The third-order valence-electron chi connectivity index (χ3n) is 17.3. The molecule has 2 saturated heterocycles. The first kappa shape index (κ1) is 58.7. The molecular formula is C64H85N7O8. The average molecular weight is 1080 g/mol. The summed E-state index contributed by atoms with van der Waals surface area (Å²) in [6, 6.07) is 31.3. The first-order chi connectivity index (χ1) is 38.2. The normalized spacial score (nSPS) is 21.1. The molecule has 4 aromatic rings. The Balaban J connectivity index is 0.989. The minimum Gasteiger partial charge on any atom is -0.391 e. The molecule has 6 amide bonds. The predicted octanol–water partition coefficient (Wildman–Crippen LogP) is 7.04. The number of likely N-dealkylation sites (tertiary alicyclic amines) is 2. The van der Waals surface area contributed by atoms with Gasteiger partial charge in [0.1, 0.15) is 12.1 Å². The van der Waals surface area contributed by atoms with E-state index in [0.29, 0.717) is 63.0 Å². The van der Waals surface area contributed by atoms with Crippen molar-refractivity contribution in [3.8, 4) is 11.1 Å². The summed E-state index contributed by atoms with van der Waals surface area (Å²) in [5.74, 6) is -1.58. The van der Waals surface area contributed by atoms with Gasteiger partial charge in [-0.1, -0.05) is 137 Å². The van der Waals surface area contributed by atoms with Gasteiger partial charge in [-0.2, -0.15) is 0 Å². The topological polar surface area (TPSA) is 192 Å². The quantitative estimate of drug-likeness (QED) is 0.0550. The first-order valence-electron chi connectivity index (χ1n) is 29.3. The number of carbonyl (C=O) groups is 6. The Hall–Kier alpha value is -6.42. The number of carbonyl (C=O) groups excluding carboxylic acids is 6. The van der Waals surface area contributed by atoms with Gasteiger partial charge in [0.2, 0.25) is 23.6 Å². The highest BCUT2D eigenvalue weighted by Crippen LogP contribution is 2.33. The fourth-order valence-corrected chi connectivity index (χ4v) is 12.2. The van der Waals surface area contributed by atoms with E-state index in [9.17, 15) is 39.0 Å². The first-order valence-corrected chi connectivity index (χ1v) is 29.3. The summed E-state index contributed by atoms with van der Waals surface area (Å²) in [5, 5.41) is 32.2. The van der Waals surface area contributed by atoms with Gasteiger partial charge < -0.3 is 45.8 Å². The van der Waals surface area contributed by atoms with Gasteiger partial charge in [-0.15, -0.1) is 0 Å². The number of aliphatic hydroxyl groups excluding tert-OH is 2. The van der Waals surface area contributed by atoms with Crippen LogP contribution in [-0.2, 0) is 32.0 Å². The van der Waals surface area contributed by atoms with Gasteiger partial charge in [-0.05, 0) is 124 Å². The van der Waals surface area contributed by atoms with Crippen LogP contribution in [0.15, 0.2) is 109 Å². The molecule has 15 heteroatoms. The van der Waals surface area contributed by atoms with Crippen molar-refractivity contribution in [3.05, 3.63) is 131 Å². The molecule has 0 spiro atoms. The smallest absolute Gasteiger partial charge is 0.253 e. The molecule has 2 saturated carbocycles. The fourth-order valence-electron chi connectivity index (χ4n) is 12.2. The predicted molar refractivity (Wildman–Crippen MR) is 307 cm³/mol. The Morgan fingerprint density at radius 2 is 0.899 bits per heavy atom. The fraction of sp³-hybridized carbons (Fsp3) is 0.531. The molecule has 0 bridgehead atoms. The minimum atomic E-state index is -0.856. The summed E-state index contributed by atoms with van der Waals surface area (Å²) in [5.41, 5.74) is 4.67. The lowest BCUT2D eigenvalue weighted by Gasteiger charge is -2.37. The van der Waals surface area contributed by atoms with Crippen molar-refractivity contribution < 1.29 is 39.0 Å². The van der Waals surface area contributed by atoms with Crippen LogP contribution in [0, 0.1) is 17.8 Å². The molecule has 0 unspecified atom stereocenters. The van der Waals surface area contributed by atoms with Crippen LogP contribution in [0.4, 0.5) is 0 Å². The van der Waals surface area contributed by atoms with Crippen molar-refractivity contribution in [2.75, 3.05) is 46.3 Å². The maximum atomic E-state index is 14.7. The largest absolute Gasteiger partial charge is 0.391 e. The second-order valence-electron chi connectivity index (χ2n) is 23.0. The Kier molecular flexibility index (Phi) is 20.9. The van der Waals surface area contributed by atoms with Crippen molar-refractivity contribution in [2.24, 2.45) is 17.8 Å². The number of aliphatic hydroxyl groups is 2. The van der Waals surface area contributed by atoms with E-state index in [1.165, 1.54) is 0 Å². The molecule has 2 heterocycles. The average Bonchev–Trinajstić information content (AvgIpc) is 4.16. The molecule has 5 N–H and O–H groups in total. The van der Waals surface area contributed by atoms with E-state index in [4.69, 9.17) is 0 Å². The van der Waals surface area contributed by atoms with Gasteiger partial charge in [-0.3, -0.25) is 28.8 Å². The zero-order chi connectivity index (χ0) is 56.0. The molecule has 4 fully saturated rings. The standard InChI is InChI=1S/C64H85N7O8/c1-43(2)59(74)66-57(49-21-13-7-14-22-49)63(78)70-39-35-55(72)53(70)41-68(37-33-45-17-9-5-10-18-45)61(76)51-29-25-47(26-30-51)48-27-31-52(32-28-48)62(77)69(38-34-46-19-11-6-12-20-46)42-54-56(73)36-40-71(54)64(79)58(50-23-15-8-16-24-50)67-60(75)44(3)65-4/h5-6,9-12,17-20,25-32,43-44,49-50,53-58,65,72-73H,7-8,13-16,21-24,33-42H2,1-4H3,(H,66,74)(H,67,75)/t44-,53+,54+,55-,56-,57-,58-/m0/s1. The van der Waals surface area contributed by atoms with E-state index < -0.39 is 42.4 Å². The molecule has 4 aliphatic rings. The van der Waals surface area contributed by atoms with E-state index in [1.807, 2.05) is 98.8 Å². The van der Waals surface area contributed by atoms with Crippen molar-refractivity contribution in [1.29, 1.82) is 0 Å². The van der Waals surface area contributed by atoms with Crippen molar-refractivity contribution >= 4 is 35.4 Å². The Morgan fingerprint density at radius 3 is 1.27 bits per heavy atom. The third kappa shape index (κ3) is 15.1. The number of hydrogen-bond acceptors (Lipinski definition) is 9. The lowest BCUT2D eigenvalue weighted by atomic mass is 9.83. The van der Waals surface area contributed by atoms with E-state index >= 15 is 0 Å². The SMILES string of the molecule is CN[C@@H](C)C(=O)N[C@H](C(=O)N1CC[C@H](O)[C@H]1CN(CCc1ccccc1)C(=O)c1ccc(-c2ccc(C(=O)N(CCc3ccccc3)C[C@@H]3[C@@H](O)CCN3C(=O)[C@@H](NC(=O)C(C)C)C3CCCCC3)cc2)cc1)C1CCCCC1. The molecule has 424 valence electrons. The minimum absolute atomic E-state index is 0.00853. The van der Waals surface area contributed by atoms with Crippen molar-refractivity contribution in [2.45, 2.75) is 153 Å². The zero-order valence-electron chi connectivity index (χ0n) is 46.9. The summed E-state index contributed by atoms with van der Waals surface area (Å²) in [6.07, 6.45) is 9.70. The van der Waals surface area contributed by atoms with Crippen LogP contribution in [0.25, 0.3) is 11.1 Å². The van der Waals surface area contributed by atoms with E-state index in [2.05, 4.69) is 16.0 Å². The summed E-state index contributed by atoms with van der Waals surface area (Å²) in [4.78, 5) is 91.9. The monoisotopic (exact) mass is 1080 g/mol. The highest BCUT2D eigenvalue weighted by Gasteiger charge is 2.45. The number of likely N-dealkylation sites (N-methyl/N-ethyl adjacent to an activating group) is 1. The number of rotatable bonds is 22. The second-order valence-corrected chi connectivity index (χ2v) is 23.0. The highest BCUT2D eigenvalue weighted by molar-refractivity contribution is 5.96. The zero-order valence-corrected chi connectivity index (χ0v) is 46.9. The molecule has 15 nitrogen and oxygen atoms in total. The number of nitrogens with one attached hydrogen (secondary N) is 3. The summed E-state index contributed by atoms with van der Waals surface area (Å²) in [7, 11) is 1.71. The Labute approximate surface area is 467 Å². The van der Waals surface area contributed by atoms with Gasteiger partial charge >= 0.3 is 0 Å². The molecule has 79 heavy (non-hydrogen) atoms. The highest BCUT2D eigenvalue weighted by atomic mass is 16.3. The van der Waals surface area contributed by atoms with Crippen LogP contribution >= 0.6 is 0 Å². The summed E-state index contributed by atoms with van der Waals surface area (Å²) >= 11 is 0. The van der Waals surface area contributed by atoms with E-state index in [-0.39, 0.29) is 66.3 Å². The summed E-state index contributed by atoms with van der Waals surface area (Å²) < 4.78 is 0. The van der Waals surface area contributed by atoms with Gasteiger partial charge in [-0.25, -0.2) is 0 Å². The molecule has 2 aliphatic carbocycles. The number of benzene rings is 4. The van der Waals surface area contributed by atoms with E-state index in [1.54, 1.807) is 57.8 Å². The number of hydrogen-bond donors (Lipinski definition) is 5. The number of nitrogens with zero attached hydrogens (tertiary/aromatic N) is 4. The third-order valence-corrected chi connectivity index (χ3v) is 17.3. The molecule has 7 atom stereocenters. The van der Waals surface area contributed by atoms with E-state index in [0.717, 1.165) is 86.5 Å². The lowest BCUT2D eigenvalue weighted by Crippen LogP contribution is -2.58. The van der Waals surface area contributed by atoms with Gasteiger partial charge in [0, 0.05) is 56.3 Å². The summed E-state index contributed by atoms with van der Waals surface area (Å²) in [6.45, 7) is 7.00. The molecule has 8 rings (SSSR count). The molecule has 0 aromatic heterocycles. The van der Waals surface area contributed by atoms with Crippen molar-refractivity contribution in [1.82, 2.24) is 35.6 Å². The lowest BCUT2D eigenvalue weighted by molar-refractivity contribution is -0.140.